The van der Waals surface area contributed by atoms with Gasteiger partial charge in [0.25, 0.3) is 5.91 Å². The Morgan fingerprint density at radius 2 is 2.12 bits per heavy atom. The van der Waals surface area contributed by atoms with E-state index in [1.165, 1.54) is 17.1 Å². The van der Waals surface area contributed by atoms with Gasteiger partial charge in [-0.25, -0.2) is 9.40 Å². The Morgan fingerprint density at radius 3 is 2.71 bits per heavy atom. The summed E-state index contributed by atoms with van der Waals surface area (Å²) < 4.78 is 13.6. The maximum absolute atomic E-state index is 13.6. The van der Waals surface area contributed by atoms with E-state index in [-0.39, 0.29) is 11.6 Å². The van der Waals surface area contributed by atoms with Crippen molar-refractivity contribution in [2.45, 2.75) is 13.3 Å². The highest BCUT2D eigenvalue weighted by Crippen LogP contribution is 2.19. The number of para-hydroxylation sites is 1. The molecule has 94 valence electrons. The van der Waals surface area contributed by atoms with Gasteiger partial charge in [-0.1, -0.05) is 13.0 Å². The predicted molar refractivity (Wildman–Crippen MR) is 66.3 cm³/mol. The Balaban J connectivity index is 2.97. The summed E-state index contributed by atoms with van der Waals surface area (Å²) in [6, 6.07) is 4.46. The number of carbonyl (C=O) groups is 1. The Kier molecular flexibility index (Phi) is 4.90. The molecule has 0 atom stereocenters. The van der Waals surface area contributed by atoms with Crippen molar-refractivity contribution < 1.29 is 9.18 Å². The van der Waals surface area contributed by atoms with E-state index in [2.05, 4.69) is 10.7 Å². The van der Waals surface area contributed by atoms with Crippen LogP contribution in [0.4, 0.5) is 10.1 Å². The molecule has 1 aromatic carbocycles. The molecule has 17 heavy (non-hydrogen) atoms. The van der Waals surface area contributed by atoms with Crippen molar-refractivity contribution in [3.05, 3.63) is 29.6 Å². The van der Waals surface area contributed by atoms with Crippen LogP contribution in [-0.2, 0) is 0 Å². The van der Waals surface area contributed by atoms with E-state index in [0.717, 1.165) is 6.42 Å². The third-order valence-electron chi connectivity index (χ3n) is 2.14. The fourth-order valence-corrected chi connectivity index (χ4v) is 1.41. The van der Waals surface area contributed by atoms with Gasteiger partial charge in [0.15, 0.2) is 0 Å². The standard InChI is InChI=1S/C12H18FN3O/c1-4-8-14-11-9(6-5-7-10(11)13)12(17)15-16(2)3/h5-7,14H,4,8H2,1-3H3,(H,15,17). The van der Waals surface area contributed by atoms with E-state index in [9.17, 15) is 9.18 Å². The smallest absolute Gasteiger partial charge is 0.267 e. The molecule has 0 radical (unpaired) electrons. The maximum atomic E-state index is 13.6. The minimum atomic E-state index is -0.412. The Hall–Kier alpha value is -1.62. The molecule has 0 saturated carbocycles. The second-order valence-corrected chi connectivity index (χ2v) is 3.92. The van der Waals surface area contributed by atoms with E-state index in [1.807, 2.05) is 6.92 Å². The highest BCUT2D eigenvalue weighted by molar-refractivity contribution is 5.99. The lowest BCUT2D eigenvalue weighted by Crippen LogP contribution is -2.36. The summed E-state index contributed by atoms with van der Waals surface area (Å²) in [7, 11) is 3.41. The second kappa shape index (κ2) is 6.20. The zero-order valence-corrected chi connectivity index (χ0v) is 10.4. The fraction of sp³-hybridized carbons (Fsp3) is 0.417. The molecule has 0 aliphatic heterocycles. The van der Waals surface area contributed by atoms with Crippen molar-refractivity contribution in [3.63, 3.8) is 0 Å². The number of hydrogen-bond donors (Lipinski definition) is 2. The van der Waals surface area contributed by atoms with Crippen LogP contribution in [0, 0.1) is 5.82 Å². The Labute approximate surface area is 101 Å². The van der Waals surface area contributed by atoms with E-state index in [4.69, 9.17) is 0 Å². The Bertz CT molecular complexity index is 393. The van der Waals surface area contributed by atoms with Gasteiger partial charge in [-0.05, 0) is 18.6 Å². The second-order valence-electron chi connectivity index (χ2n) is 3.92. The summed E-state index contributed by atoms with van der Waals surface area (Å²) in [5.74, 6) is -0.738. The van der Waals surface area contributed by atoms with Gasteiger partial charge in [-0.15, -0.1) is 0 Å². The van der Waals surface area contributed by atoms with Crippen molar-refractivity contribution in [2.24, 2.45) is 0 Å². The van der Waals surface area contributed by atoms with Crippen LogP contribution in [-0.4, -0.2) is 31.6 Å². The molecule has 5 heteroatoms. The minimum absolute atomic E-state index is 0.258. The van der Waals surface area contributed by atoms with Gasteiger partial charge in [-0.2, -0.15) is 0 Å². The molecule has 1 amide bonds. The van der Waals surface area contributed by atoms with Gasteiger partial charge < -0.3 is 5.32 Å². The zero-order valence-electron chi connectivity index (χ0n) is 10.4. The van der Waals surface area contributed by atoms with Crippen LogP contribution in [0.2, 0.25) is 0 Å². The number of halogens is 1. The summed E-state index contributed by atoms with van der Waals surface area (Å²) in [6.07, 6.45) is 0.864. The number of rotatable bonds is 5. The largest absolute Gasteiger partial charge is 0.382 e. The molecular formula is C12H18FN3O. The number of hydrogen-bond acceptors (Lipinski definition) is 3. The summed E-state index contributed by atoms with van der Waals surface area (Å²) in [4.78, 5) is 11.8. The van der Waals surface area contributed by atoms with Crippen molar-refractivity contribution in [3.8, 4) is 0 Å². The lowest BCUT2D eigenvalue weighted by molar-refractivity contribution is 0.0857. The molecule has 0 aromatic heterocycles. The third kappa shape index (κ3) is 3.71. The van der Waals surface area contributed by atoms with Gasteiger partial charge in [0, 0.05) is 20.6 Å². The number of hydrazine groups is 1. The van der Waals surface area contributed by atoms with Crippen LogP contribution < -0.4 is 10.7 Å². The van der Waals surface area contributed by atoms with E-state index in [0.29, 0.717) is 12.1 Å². The number of nitrogens with one attached hydrogen (secondary N) is 2. The number of benzene rings is 1. The third-order valence-corrected chi connectivity index (χ3v) is 2.14. The summed E-state index contributed by atoms with van der Waals surface area (Å²) in [5.41, 5.74) is 3.16. The predicted octanol–water partition coefficient (Wildman–Crippen LogP) is 1.85. The van der Waals surface area contributed by atoms with E-state index >= 15 is 0 Å². The van der Waals surface area contributed by atoms with Crippen molar-refractivity contribution in [2.75, 3.05) is 26.0 Å². The highest BCUT2D eigenvalue weighted by Gasteiger charge is 2.14. The van der Waals surface area contributed by atoms with Crippen molar-refractivity contribution >= 4 is 11.6 Å². The first-order valence-electron chi connectivity index (χ1n) is 5.57. The topological polar surface area (TPSA) is 44.4 Å². The SMILES string of the molecule is CCCNc1c(F)cccc1C(=O)NN(C)C. The molecule has 2 N–H and O–H groups in total. The van der Waals surface area contributed by atoms with Gasteiger partial charge in [0.2, 0.25) is 0 Å². The van der Waals surface area contributed by atoms with Gasteiger partial charge in [-0.3, -0.25) is 10.2 Å². The minimum Gasteiger partial charge on any atom is -0.382 e. The summed E-state index contributed by atoms with van der Waals surface area (Å²) >= 11 is 0. The molecule has 0 bridgehead atoms. The average Bonchev–Trinajstić information content (AvgIpc) is 2.26. The molecule has 0 fully saturated rings. The monoisotopic (exact) mass is 239 g/mol. The molecule has 1 aromatic rings. The molecule has 0 aliphatic rings. The van der Waals surface area contributed by atoms with Crippen LogP contribution in [0.25, 0.3) is 0 Å². The lowest BCUT2D eigenvalue weighted by Gasteiger charge is -2.15. The summed E-state index contributed by atoms with van der Waals surface area (Å²) in [6.45, 7) is 2.61. The number of carbonyl (C=O) groups excluding carboxylic acids is 1. The van der Waals surface area contributed by atoms with Gasteiger partial charge >= 0.3 is 0 Å². The van der Waals surface area contributed by atoms with Crippen LogP contribution in [0.5, 0.6) is 0 Å². The number of nitrogens with zero attached hydrogens (tertiary/aromatic N) is 1. The Morgan fingerprint density at radius 1 is 1.41 bits per heavy atom. The van der Waals surface area contributed by atoms with Crippen LogP contribution in [0.3, 0.4) is 0 Å². The highest BCUT2D eigenvalue weighted by atomic mass is 19.1. The van der Waals surface area contributed by atoms with Gasteiger partial charge in [0.05, 0.1) is 11.3 Å². The lowest BCUT2D eigenvalue weighted by atomic mass is 10.1. The quantitative estimate of drug-likeness (QED) is 0.771. The maximum Gasteiger partial charge on any atom is 0.267 e. The fourth-order valence-electron chi connectivity index (χ4n) is 1.41. The molecular weight excluding hydrogens is 221 g/mol. The summed E-state index contributed by atoms with van der Waals surface area (Å²) in [5, 5.41) is 4.46. The van der Waals surface area contributed by atoms with Crippen LogP contribution in [0.15, 0.2) is 18.2 Å². The van der Waals surface area contributed by atoms with E-state index in [1.54, 1.807) is 20.2 Å². The van der Waals surface area contributed by atoms with E-state index < -0.39 is 5.82 Å². The van der Waals surface area contributed by atoms with Gasteiger partial charge in [0.1, 0.15) is 5.82 Å². The normalized spacial score (nSPS) is 10.4. The first kappa shape index (κ1) is 13.4. The molecule has 0 saturated heterocycles. The number of anilines is 1. The van der Waals surface area contributed by atoms with Crippen LogP contribution >= 0.6 is 0 Å². The number of amides is 1. The van der Waals surface area contributed by atoms with Crippen molar-refractivity contribution in [1.29, 1.82) is 0 Å². The first-order chi connectivity index (χ1) is 8.06. The molecule has 0 unspecified atom stereocenters. The molecule has 0 spiro atoms. The van der Waals surface area contributed by atoms with Crippen molar-refractivity contribution in [1.82, 2.24) is 10.4 Å². The molecule has 0 heterocycles. The zero-order chi connectivity index (χ0) is 12.8. The molecule has 4 nitrogen and oxygen atoms in total. The molecule has 1 rings (SSSR count). The van der Waals surface area contributed by atoms with Crippen LogP contribution in [0.1, 0.15) is 23.7 Å². The first-order valence-corrected chi connectivity index (χ1v) is 5.57. The average molecular weight is 239 g/mol. The molecule has 0 aliphatic carbocycles.